The van der Waals surface area contributed by atoms with Crippen molar-refractivity contribution >= 4 is 11.8 Å². The van der Waals surface area contributed by atoms with E-state index in [1.807, 2.05) is 18.7 Å². The van der Waals surface area contributed by atoms with E-state index in [1.54, 1.807) is 37.3 Å². The molecule has 1 atom stereocenters. The second-order valence-corrected chi connectivity index (χ2v) is 8.01. The van der Waals surface area contributed by atoms with Gasteiger partial charge in [0, 0.05) is 32.3 Å². The maximum atomic E-state index is 13.4. The second kappa shape index (κ2) is 9.03. The zero-order valence-corrected chi connectivity index (χ0v) is 17.9. The Morgan fingerprint density at radius 1 is 1.14 bits per heavy atom. The number of ether oxygens (including phenoxy) is 3. The van der Waals surface area contributed by atoms with Crippen LogP contribution in [0.3, 0.4) is 0 Å². The van der Waals surface area contributed by atoms with Crippen LogP contribution in [0, 0.1) is 0 Å². The van der Waals surface area contributed by atoms with Crippen molar-refractivity contribution in [2.24, 2.45) is 0 Å². The molecule has 2 amide bonds. The van der Waals surface area contributed by atoms with Gasteiger partial charge in [0.2, 0.25) is 5.91 Å². The van der Waals surface area contributed by atoms with Gasteiger partial charge in [0.25, 0.3) is 5.91 Å². The van der Waals surface area contributed by atoms with E-state index >= 15 is 0 Å². The monoisotopic (exact) mass is 404 g/mol. The highest BCUT2D eigenvalue weighted by Gasteiger charge is 2.52. The summed E-state index contributed by atoms with van der Waals surface area (Å²) in [5, 5.41) is 0. The molecule has 29 heavy (non-hydrogen) atoms. The Hall–Kier alpha value is -2.28. The Kier molecular flexibility index (Phi) is 6.67. The van der Waals surface area contributed by atoms with Crippen molar-refractivity contribution in [1.82, 2.24) is 9.80 Å². The molecular weight excluding hydrogens is 372 g/mol. The molecule has 0 bridgehead atoms. The zero-order chi connectivity index (χ0) is 21.0. The van der Waals surface area contributed by atoms with Gasteiger partial charge in [0.15, 0.2) is 11.5 Å². The number of nitrogens with zero attached hydrogens (tertiary/aromatic N) is 2. The highest BCUT2D eigenvalue weighted by molar-refractivity contribution is 6.00. The molecule has 3 rings (SSSR count). The van der Waals surface area contributed by atoms with Crippen molar-refractivity contribution in [3.63, 3.8) is 0 Å². The van der Waals surface area contributed by atoms with Crippen LogP contribution in [0.25, 0.3) is 0 Å². The molecule has 1 aromatic rings. The smallest absolute Gasteiger partial charge is 0.254 e. The number of likely N-dealkylation sites (tertiary alicyclic amines) is 2. The summed E-state index contributed by atoms with van der Waals surface area (Å²) in [6.07, 6.45) is 3.16. The fourth-order valence-electron chi connectivity index (χ4n) is 4.44. The molecule has 2 fully saturated rings. The first kappa shape index (κ1) is 21.4. The fourth-order valence-corrected chi connectivity index (χ4v) is 4.44. The van der Waals surface area contributed by atoms with Crippen LogP contribution < -0.4 is 9.47 Å². The van der Waals surface area contributed by atoms with Crippen LogP contribution in [-0.2, 0) is 9.53 Å². The average molecular weight is 405 g/mol. The van der Waals surface area contributed by atoms with Crippen LogP contribution in [-0.4, -0.2) is 73.7 Å². The predicted octanol–water partition coefficient (Wildman–Crippen LogP) is 2.73. The van der Waals surface area contributed by atoms with E-state index in [0.29, 0.717) is 49.6 Å². The van der Waals surface area contributed by atoms with Gasteiger partial charge in [-0.2, -0.15) is 0 Å². The van der Waals surface area contributed by atoms with Gasteiger partial charge < -0.3 is 24.0 Å². The molecule has 2 aliphatic heterocycles. The lowest BCUT2D eigenvalue weighted by molar-refractivity contribution is -0.146. The second-order valence-electron chi connectivity index (χ2n) is 8.01. The lowest BCUT2D eigenvalue weighted by atomic mass is 9.85. The molecule has 7 heteroatoms. The molecule has 0 radical (unpaired) electrons. The maximum Gasteiger partial charge on any atom is 0.254 e. The number of hydrogen-bond acceptors (Lipinski definition) is 5. The minimum atomic E-state index is -0.733. The molecule has 7 nitrogen and oxygen atoms in total. The van der Waals surface area contributed by atoms with Crippen molar-refractivity contribution in [3.8, 4) is 11.5 Å². The van der Waals surface area contributed by atoms with Gasteiger partial charge in [0.1, 0.15) is 5.54 Å². The minimum Gasteiger partial charge on any atom is -0.493 e. The summed E-state index contributed by atoms with van der Waals surface area (Å²) in [4.78, 5) is 30.4. The predicted molar refractivity (Wildman–Crippen MR) is 109 cm³/mol. The van der Waals surface area contributed by atoms with Crippen LogP contribution in [0.1, 0.15) is 49.9 Å². The lowest BCUT2D eigenvalue weighted by Gasteiger charge is -2.44. The first-order valence-electron chi connectivity index (χ1n) is 10.4. The summed E-state index contributed by atoms with van der Waals surface area (Å²) in [6, 6.07) is 5.23. The number of carbonyl (C=O) groups is 2. The number of hydrogen-bond donors (Lipinski definition) is 0. The SMILES string of the molecule is COCCN1CCCC2(CCCN2C(=O)c2ccc(OC(C)C)c(OC)c2)C1=O. The van der Waals surface area contributed by atoms with Crippen molar-refractivity contribution in [1.29, 1.82) is 0 Å². The Bertz CT molecular complexity index is 751. The van der Waals surface area contributed by atoms with Crippen LogP contribution >= 0.6 is 0 Å². The van der Waals surface area contributed by atoms with Crippen molar-refractivity contribution in [2.45, 2.75) is 51.2 Å². The first-order valence-corrected chi connectivity index (χ1v) is 10.4. The molecule has 160 valence electrons. The van der Waals surface area contributed by atoms with E-state index in [2.05, 4.69) is 0 Å². The molecule has 2 saturated heterocycles. The van der Waals surface area contributed by atoms with Gasteiger partial charge in [-0.15, -0.1) is 0 Å². The Balaban J connectivity index is 1.85. The van der Waals surface area contributed by atoms with E-state index in [-0.39, 0.29) is 17.9 Å². The number of methoxy groups -OCH3 is 2. The van der Waals surface area contributed by atoms with Crippen LogP contribution in [0.5, 0.6) is 11.5 Å². The van der Waals surface area contributed by atoms with Gasteiger partial charge in [-0.05, 0) is 57.7 Å². The van der Waals surface area contributed by atoms with Gasteiger partial charge in [-0.25, -0.2) is 0 Å². The van der Waals surface area contributed by atoms with E-state index in [9.17, 15) is 9.59 Å². The third kappa shape index (κ3) is 4.20. The molecule has 1 spiro atoms. The molecule has 1 aromatic carbocycles. The van der Waals surface area contributed by atoms with Gasteiger partial charge >= 0.3 is 0 Å². The summed E-state index contributed by atoms with van der Waals surface area (Å²) in [6.45, 7) is 6.27. The Labute approximate surface area is 172 Å². The van der Waals surface area contributed by atoms with Crippen LogP contribution in [0.15, 0.2) is 18.2 Å². The summed E-state index contributed by atoms with van der Waals surface area (Å²) >= 11 is 0. The molecule has 2 aliphatic rings. The summed E-state index contributed by atoms with van der Waals surface area (Å²) in [5.41, 5.74) is -0.218. The van der Waals surface area contributed by atoms with Crippen LogP contribution in [0.2, 0.25) is 0 Å². The third-order valence-electron chi connectivity index (χ3n) is 5.78. The highest BCUT2D eigenvalue weighted by Crippen LogP contribution is 2.40. The molecule has 0 aromatic heterocycles. The maximum absolute atomic E-state index is 13.4. The van der Waals surface area contributed by atoms with Gasteiger partial charge in [-0.3, -0.25) is 9.59 Å². The summed E-state index contributed by atoms with van der Waals surface area (Å²) < 4.78 is 16.3. The van der Waals surface area contributed by atoms with E-state index < -0.39 is 5.54 Å². The van der Waals surface area contributed by atoms with E-state index in [0.717, 1.165) is 19.4 Å². The standard InChI is InChI=1S/C22H32N2O5/c1-16(2)29-18-8-7-17(15-19(18)28-4)20(25)24-12-6-10-22(24)9-5-11-23(21(22)26)13-14-27-3/h7-8,15-16H,5-6,9-14H2,1-4H3. The number of piperidine rings is 1. The summed E-state index contributed by atoms with van der Waals surface area (Å²) in [5.74, 6) is 1.06. The van der Waals surface area contributed by atoms with Crippen molar-refractivity contribution < 1.29 is 23.8 Å². The first-order chi connectivity index (χ1) is 13.9. The van der Waals surface area contributed by atoms with E-state index in [1.165, 1.54) is 0 Å². The van der Waals surface area contributed by atoms with Crippen molar-refractivity contribution in [2.75, 3.05) is 40.5 Å². The van der Waals surface area contributed by atoms with Crippen molar-refractivity contribution in [3.05, 3.63) is 23.8 Å². The highest BCUT2D eigenvalue weighted by atomic mass is 16.5. The van der Waals surface area contributed by atoms with E-state index in [4.69, 9.17) is 14.2 Å². The fraction of sp³-hybridized carbons (Fsp3) is 0.636. The number of carbonyl (C=O) groups excluding carboxylic acids is 2. The zero-order valence-electron chi connectivity index (χ0n) is 17.9. The number of amides is 2. The number of rotatable bonds is 7. The number of benzene rings is 1. The average Bonchev–Trinajstić information content (AvgIpc) is 3.13. The largest absolute Gasteiger partial charge is 0.493 e. The van der Waals surface area contributed by atoms with Gasteiger partial charge in [-0.1, -0.05) is 0 Å². The molecule has 0 N–H and O–H groups in total. The molecule has 0 saturated carbocycles. The van der Waals surface area contributed by atoms with Crippen LogP contribution in [0.4, 0.5) is 0 Å². The Morgan fingerprint density at radius 2 is 1.86 bits per heavy atom. The molecule has 2 heterocycles. The third-order valence-corrected chi connectivity index (χ3v) is 5.78. The topological polar surface area (TPSA) is 68.3 Å². The lowest BCUT2D eigenvalue weighted by Crippen LogP contribution is -2.61. The van der Waals surface area contributed by atoms with Gasteiger partial charge in [0.05, 0.1) is 19.8 Å². The normalized spacial score (nSPS) is 21.9. The quantitative estimate of drug-likeness (QED) is 0.699. The molecule has 0 aliphatic carbocycles. The molecule has 1 unspecified atom stereocenters. The summed E-state index contributed by atoms with van der Waals surface area (Å²) in [7, 11) is 3.20. The minimum absolute atomic E-state index is 0.00486. The molecular formula is C22H32N2O5. The Morgan fingerprint density at radius 3 is 2.52 bits per heavy atom.